The third-order valence-corrected chi connectivity index (χ3v) is 4.75. The zero-order chi connectivity index (χ0) is 24.2. The van der Waals surface area contributed by atoms with Crippen LogP contribution < -0.4 is 19.8 Å². The number of carbonyl (C=O) groups excluding carboxylic acids is 1. The molecule has 0 aliphatic rings. The molecule has 0 saturated heterocycles. The summed E-state index contributed by atoms with van der Waals surface area (Å²) in [6.45, 7) is 10.1. The number of allylic oxidation sites excluding steroid dienone is 4. The molecule has 178 valence electrons. The SMILES string of the molecule is CCC=CCCOc1cccc2c(OC(C)=O)c(OC/C=C(\C)CCC=C(C)C)c(=O)oc12. The van der Waals surface area contributed by atoms with Gasteiger partial charge in [0.05, 0.1) is 12.0 Å². The van der Waals surface area contributed by atoms with Crippen LogP contribution in [0.2, 0.25) is 0 Å². The van der Waals surface area contributed by atoms with Crippen LogP contribution in [-0.4, -0.2) is 19.2 Å². The second-order valence-electron chi connectivity index (χ2n) is 7.97. The van der Waals surface area contributed by atoms with Crippen LogP contribution in [-0.2, 0) is 4.79 Å². The van der Waals surface area contributed by atoms with Crippen LogP contribution in [0.15, 0.2) is 62.9 Å². The van der Waals surface area contributed by atoms with Crippen LogP contribution in [0.3, 0.4) is 0 Å². The molecule has 0 bridgehead atoms. The largest absolute Gasteiger partial charge is 0.489 e. The standard InChI is InChI=1S/C27H34O6/c1-6-7-8-9-17-30-23-15-11-14-22-24(23)33-27(29)26(25(22)32-21(5)28)31-18-16-20(4)13-10-12-19(2)3/h7-8,11-12,14-16H,6,9-10,13,17-18H2,1-5H3/b8-7?,20-16+. The lowest BCUT2D eigenvalue weighted by molar-refractivity contribution is -0.131. The van der Waals surface area contributed by atoms with Crippen molar-refractivity contribution in [3.05, 3.63) is 64.1 Å². The first kappa shape index (κ1) is 26.0. The second-order valence-corrected chi connectivity index (χ2v) is 7.97. The fourth-order valence-electron chi connectivity index (χ4n) is 3.12. The molecule has 1 aromatic carbocycles. The third kappa shape index (κ3) is 8.29. The second kappa shape index (κ2) is 13.3. The molecule has 0 unspecified atom stereocenters. The van der Waals surface area contributed by atoms with Crippen LogP contribution in [0.4, 0.5) is 0 Å². The molecule has 0 radical (unpaired) electrons. The Morgan fingerprint density at radius 3 is 2.48 bits per heavy atom. The molecule has 6 nitrogen and oxygen atoms in total. The number of para-hydroxylation sites is 1. The van der Waals surface area contributed by atoms with Gasteiger partial charge in [0, 0.05) is 6.92 Å². The van der Waals surface area contributed by atoms with Crippen LogP contribution in [0, 0.1) is 0 Å². The Kier molecular flexibility index (Phi) is 10.5. The third-order valence-electron chi connectivity index (χ3n) is 4.75. The van der Waals surface area contributed by atoms with Crippen molar-refractivity contribution in [2.24, 2.45) is 0 Å². The average Bonchev–Trinajstić information content (AvgIpc) is 2.75. The summed E-state index contributed by atoms with van der Waals surface area (Å²) in [5.41, 5.74) is 1.91. The topological polar surface area (TPSA) is 75.0 Å². The van der Waals surface area contributed by atoms with Gasteiger partial charge in [-0.15, -0.1) is 0 Å². The summed E-state index contributed by atoms with van der Waals surface area (Å²) in [5, 5.41) is 0.436. The lowest BCUT2D eigenvalue weighted by Crippen LogP contribution is -2.13. The zero-order valence-corrected chi connectivity index (χ0v) is 20.2. The Morgan fingerprint density at radius 1 is 1.00 bits per heavy atom. The van der Waals surface area contributed by atoms with E-state index in [1.807, 2.05) is 19.1 Å². The quantitative estimate of drug-likeness (QED) is 0.157. The van der Waals surface area contributed by atoms with Gasteiger partial charge in [-0.25, -0.2) is 4.79 Å². The molecule has 2 rings (SSSR count). The first-order chi connectivity index (χ1) is 15.8. The summed E-state index contributed by atoms with van der Waals surface area (Å²) in [5.74, 6) is -0.240. The molecular formula is C27H34O6. The van der Waals surface area contributed by atoms with Gasteiger partial charge in [0.2, 0.25) is 5.75 Å². The number of hydrogen-bond donors (Lipinski definition) is 0. The van der Waals surface area contributed by atoms with E-state index in [2.05, 4.69) is 32.9 Å². The number of hydrogen-bond acceptors (Lipinski definition) is 6. The molecule has 33 heavy (non-hydrogen) atoms. The van der Waals surface area contributed by atoms with Gasteiger partial charge < -0.3 is 18.6 Å². The van der Waals surface area contributed by atoms with Gasteiger partial charge in [0.15, 0.2) is 17.1 Å². The van der Waals surface area contributed by atoms with Crippen molar-refractivity contribution >= 4 is 16.9 Å². The highest BCUT2D eigenvalue weighted by atomic mass is 16.6. The monoisotopic (exact) mass is 454 g/mol. The van der Waals surface area contributed by atoms with E-state index in [4.69, 9.17) is 18.6 Å². The van der Waals surface area contributed by atoms with Crippen molar-refractivity contribution in [3.8, 4) is 17.2 Å². The molecule has 2 aromatic rings. The summed E-state index contributed by atoms with van der Waals surface area (Å²) in [6.07, 6.45) is 11.7. The van der Waals surface area contributed by atoms with Crippen molar-refractivity contribution in [1.29, 1.82) is 0 Å². The van der Waals surface area contributed by atoms with Crippen molar-refractivity contribution < 1.29 is 23.4 Å². The fraction of sp³-hybridized carbons (Fsp3) is 0.407. The average molecular weight is 455 g/mol. The van der Waals surface area contributed by atoms with Crippen LogP contribution >= 0.6 is 0 Å². The van der Waals surface area contributed by atoms with Gasteiger partial charge in [0.1, 0.15) is 6.61 Å². The number of carbonyl (C=O) groups is 1. The minimum absolute atomic E-state index is 0.0423. The normalized spacial score (nSPS) is 11.6. The first-order valence-corrected chi connectivity index (χ1v) is 11.3. The van der Waals surface area contributed by atoms with Crippen molar-refractivity contribution in [3.63, 3.8) is 0 Å². The molecule has 0 saturated carbocycles. The van der Waals surface area contributed by atoms with Crippen LogP contribution in [0.1, 0.15) is 60.3 Å². The molecule has 1 aromatic heterocycles. The maximum atomic E-state index is 12.7. The smallest absolute Gasteiger partial charge is 0.383 e. The lowest BCUT2D eigenvalue weighted by atomic mass is 10.1. The summed E-state index contributed by atoms with van der Waals surface area (Å²) in [6, 6.07) is 5.17. The molecule has 0 N–H and O–H groups in total. The minimum Gasteiger partial charge on any atom is -0.489 e. The molecule has 0 aliphatic heterocycles. The van der Waals surface area contributed by atoms with E-state index in [-0.39, 0.29) is 23.7 Å². The summed E-state index contributed by atoms with van der Waals surface area (Å²) < 4.78 is 22.4. The maximum Gasteiger partial charge on any atom is 0.383 e. The highest BCUT2D eigenvalue weighted by Gasteiger charge is 2.21. The summed E-state index contributed by atoms with van der Waals surface area (Å²) in [4.78, 5) is 24.5. The van der Waals surface area contributed by atoms with Crippen LogP contribution in [0.5, 0.6) is 17.2 Å². The zero-order valence-electron chi connectivity index (χ0n) is 20.2. The Hall–Kier alpha value is -3.28. The molecule has 0 atom stereocenters. The van der Waals surface area contributed by atoms with E-state index in [9.17, 15) is 9.59 Å². The van der Waals surface area contributed by atoms with Gasteiger partial charge in [-0.2, -0.15) is 0 Å². The number of ether oxygens (including phenoxy) is 3. The van der Waals surface area contributed by atoms with E-state index < -0.39 is 11.6 Å². The first-order valence-electron chi connectivity index (χ1n) is 11.3. The fourth-order valence-corrected chi connectivity index (χ4v) is 3.12. The molecule has 1 heterocycles. The molecule has 0 amide bonds. The van der Waals surface area contributed by atoms with Gasteiger partial charge in [-0.3, -0.25) is 4.79 Å². The highest BCUT2D eigenvalue weighted by Crippen LogP contribution is 2.37. The molecule has 0 fully saturated rings. The van der Waals surface area contributed by atoms with E-state index in [0.29, 0.717) is 17.7 Å². The minimum atomic E-state index is -0.726. The molecule has 0 aliphatic carbocycles. The Bertz CT molecular complexity index is 1080. The number of fused-ring (bicyclic) bond motifs is 1. The lowest BCUT2D eigenvalue weighted by Gasteiger charge is -2.13. The predicted octanol–water partition coefficient (Wildman–Crippen LogP) is 6.52. The van der Waals surface area contributed by atoms with Gasteiger partial charge in [-0.05, 0) is 64.7 Å². The summed E-state index contributed by atoms with van der Waals surface area (Å²) >= 11 is 0. The van der Waals surface area contributed by atoms with Gasteiger partial charge in [-0.1, -0.05) is 42.4 Å². The Labute approximate surface area is 195 Å². The molecular weight excluding hydrogens is 420 g/mol. The molecule has 6 heteroatoms. The number of rotatable bonds is 12. The van der Waals surface area contributed by atoms with E-state index in [0.717, 1.165) is 31.3 Å². The summed E-state index contributed by atoms with van der Waals surface area (Å²) in [7, 11) is 0. The Morgan fingerprint density at radius 2 is 1.79 bits per heavy atom. The van der Waals surface area contributed by atoms with Crippen molar-refractivity contribution in [1.82, 2.24) is 0 Å². The van der Waals surface area contributed by atoms with E-state index >= 15 is 0 Å². The molecule has 0 spiro atoms. The van der Waals surface area contributed by atoms with Gasteiger partial charge in [0.25, 0.3) is 0 Å². The maximum absolute atomic E-state index is 12.7. The van der Waals surface area contributed by atoms with E-state index in [1.54, 1.807) is 18.2 Å². The number of esters is 1. The van der Waals surface area contributed by atoms with Crippen molar-refractivity contribution in [2.45, 2.75) is 60.3 Å². The van der Waals surface area contributed by atoms with Crippen LogP contribution in [0.25, 0.3) is 11.0 Å². The Balaban J connectivity index is 2.30. The highest BCUT2D eigenvalue weighted by molar-refractivity contribution is 5.91. The predicted molar refractivity (Wildman–Crippen MR) is 131 cm³/mol. The number of benzene rings is 1. The van der Waals surface area contributed by atoms with Crippen molar-refractivity contribution in [2.75, 3.05) is 13.2 Å². The van der Waals surface area contributed by atoms with E-state index in [1.165, 1.54) is 12.5 Å². The van der Waals surface area contributed by atoms with Gasteiger partial charge >= 0.3 is 11.6 Å².